The van der Waals surface area contributed by atoms with Gasteiger partial charge in [-0.15, -0.1) is 8.67 Å². The molecule has 0 bridgehead atoms. The monoisotopic (exact) mass is 1650 g/mol. The minimum atomic E-state index is -5.06. The number of aromatic nitrogens is 9. The molecular weight excluding hydrogens is 1590 g/mol. The van der Waals surface area contributed by atoms with Gasteiger partial charge in [0.1, 0.15) is 9.79 Å². The summed E-state index contributed by atoms with van der Waals surface area (Å²) in [6.07, 6.45) is 3.47. The number of aliphatic hydroxyl groups is 6. The van der Waals surface area contributed by atoms with E-state index in [0.29, 0.717) is 29.6 Å². The molecule has 42 nitrogen and oxygen atoms in total. The maximum atomic E-state index is 13.2. The quantitative estimate of drug-likeness (QED) is 0.00683. The minimum absolute atomic E-state index is 0.0122. The Morgan fingerprint density at radius 3 is 0.901 bits per heavy atom. The Balaban J connectivity index is 0.987. The SMILES string of the molecule is CC(O)CN(CC(C)O)c1nc(Nc2ccc(/C=C/c3ccc(Nc4nc(Nc5ccc(S(=O)(=O)O)cc5)nc(N(CCO)CCO)n4)cc3S(=O)(=O)O)c(SOOO)c2)nc(Nc2ccc(/C=C/c3ccc(Nc4nc(Nc5ccc(S(=O)(=O)O)cc5)nc(N(CCO)CCO)n4)cc3SOOO)c(S(=O)(=O)O)c2)n1. The first-order valence-electron chi connectivity index (χ1n) is 32.1. The molecule has 0 aliphatic carbocycles. The van der Waals surface area contributed by atoms with Crippen LogP contribution in [0.4, 0.5) is 87.7 Å². The molecule has 592 valence electrons. The fourth-order valence-corrected chi connectivity index (χ4v) is 13.5. The Bertz CT molecular complexity index is 5250. The van der Waals surface area contributed by atoms with Crippen molar-refractivity contribution in [3.63, 3.8) is 0 Å². The highest BCUT2D eigenvalue weighted by molar-refractivity contribution is 7.95. The largest absolute Gasteiger partial charge is 0.395 e. The van der Waals surface area contributed by atoms with Gasteiger partial charge in [-0.3, -0.25) is 18.2 Å². The van der Waals surface area contributed by atoms with Gasteiger partial charge in [0.2, 0.25) is 53.5 Å². The summed E-state index contributed by atoms with van der Waals surface area (Å²) in [6.45, 7) is 1.07. The molecule has 0 saturated heterocycles. The fraction of sp³-hybridized carbons (Fsp3) is 0.222. The van der Waals surface area contributed by atoms with Crippen molar-refractivity contribution in [1.82, 2.24) is 44.9 Å². The van der Waals surface area contributed by atoms with E-state index in [4.69, 9.17) is 8.67 Å². The highest BCUT2D eigenvalue weighted by Gasteiger charge is 2.24. The summed E-state index contributed by atoms with van der Waals surface area (Å²) < 4.78 is 149. The van der Waals surface area contributed by atoms with Crippen LogP contribution < -0.4 is 46.6 Å². The predicted molar refractivity (Wildman–Crippen MR) is 405 cm³/mol. The summed E-state index contributed by atoms with van der Waals surface area (Å²) in [5.41, 5.74) is 1.47. The smallest absolute Gasteiger partial charge is 0.295 e. The van der Waals surface area contributed by atoms with Gasteiger partial charge in [-0.2, -0.15) is 78.5 Å². The van der Waals surface area contributed by atoms with Crippen LogP contribution in [0.25, 0.3) is 24.3 Å². The van der Waals surface area contributed by atoms with E-state index in [2.05, 4.69) is 86.8 Å². The first-order valence-corrected chi connectivity index (χ1v) is 39.3. The summed E-state index contributed by atoms with van der Waals surface area (Å²) in [5, 5.41) is 104. The first kappa shape index (κ1) is 84.9. The van der Waals surface area contributed by atoms with Crippen molar-refractivity contribution < 1.29 is 112 Å². The van der Waals surface area contributed by atoms with Crippen molar-refractivity contribution in [3.8, 4) is 0 Å². The molecule has 0 amide bonds. The van der Waals surface area contributed by atoms with Crippen molar-refractivity contribution in [1.29, 1.82) is 0 Å². The minimum Gasteiger partial charge on any atom is -0.395 e. The van der Waals surface area contributed by atoms with Gasteiger partial charge in [0.25, 0.3) is 40.5 Å². The van der Waals surface area contributed by atoms with E-state index < -0.39 is 67.4 Å². The molecule has 9 rings (SSSR count). The molecule has 9 aromatic rings. The summed E-state index contributed by atoms with van der Waals surface area (Å²) in [7, 11) is -19.1. The van der Waals surface area contributed by atoms with Crippen molar-refractivity contribution in [2.45, 2.75) is 55.4 Å². The average Bonchev–Trinajstić information content (AvgIpc) is 0.808. The van der Waals surface area contributed by atoms with E-state index in [9.17, 15) is 93.0 Å². The van der Waals surface area contributed by atoms with Crippen LogP contribution in [0.2, 0.25) is 0 Å². The number of benzene rings is 6. The number of hydrogen-bond acceptors (Lipinski definition) is 40. The zero-order valence-electron chi connectivity index (χ0n) is 57.7. The zero-order chi connectivity index (χ0) is 80.2. The molecule has 0 spiro atoms. The van der Waals surface area contributed by atoms with Crippen molar-refractivity contribution in [2.24, 2.45) is 0 Å². The highest BCUT2D eigenvalue weighted by atomic mass is 32.2. The van der Waals surface area contributed by atoms with Gasteiger partial charge in [0.15, 0.2) is 0 Å². The lowest BCUT2D eigenvalue weighted by Crippen LogP contribution is -2.37. The molecule has 0 aliphatic heterocycles. The van der Waals surface area contributed by atoms with E-state index in [0.717, 1.165) is 36.4 Å². The number of nitrogens with one attached hydrogen (secondary N) is 6. The van der Waals surface area contributed by atoms with E-state index in [1.54, 1.807) is 6.07 Å². The van der Waals surface area contributed by atoms with Gasteiger partial charge in [0, 0.05) is 83.2 Å². The lowest BCUT2D eigenvalue weighted by atomic mass is 10.1. The lowest BCUT2D eigenvalue weighted by Gasteiger charge is -2.26. The van der Waals surface area contributed by atoms with Gasteiger partial charge in [-0.1, -0.05) is 58.6 Å². The van der Waals surface area contributed by atoms with Crippen molar-refractivity contribution in [2.75, 3.05) is 112 Å². The molecule has 18 N–H and O–H groups in total. The maximum absolute atomic E-state index is 13.2. The molecule has 0 saturated carbocycles. The van der Waals surface area contributed by atoms with Gasteiger partial charge >= 0.3 is 0 Å². The summed E-state index contributed by atoms with van der Waals surface area (Å²) in [4.78, 5) is 42.6. The molecule has 6 aromatic carbocycles. The number of rotatable bonds is 41. The Labute approximate surface area is 640 Å². The van der Waals surface area contributed by atoms with Crippen molar-refractivity contribution in [3.05, 3.63) is 144 Å². The summed E-state index contributed by atoms with van der Waals surface area (Å²) >= 11 is 0.991. The predicted octanol–water partition coefficient (Wildman–Crippen LogP) is 6.04. The Kier molecular flexibility index (Phi) is 29.6. The van der Waals surface area contributed by atoms with E-state index in [-0.39, 0.29) is 185 Å². The van der Waals surface area contributed by atoms with Crippen LogP contribution in [-0.4, -0.2) is 216 Å². The maximum Gasteiger partial charge on any atom is 0.295 e. The van der Waals surface area contributed by atoms with Crippen LogP contribution in [0.3, 0.4) is 0 Å². The van der Waals surface area contributed by atoms with Gasteiger partial charge in [-0.25, -0.2) is 10.5 Å². The molecule has 2 unspecified atom stereocenters. The third-order valence-corrected chi connectivity index (χ3v) is 19.7. The second kappa shape index (κ2) is 38.7. The first-order chi connectivity index (χ1) is 52.8. The topological polar surface area (TPSA) is 614 Å². The van der Waals surface area contributed by atoms with Gasteiger partial charge in [0.05, 0.1) is 72.5 Å². The molecular formula is C63H70N18O24S6. The molecule has 2 atom stereocenters. The second-order valence-corrected chi connectivity index (χ2v) is 30.3. The Hall–Kier alpha value is -10.1. The van der Waals surface area contributed by atoms with Crippen LogP contribution in [0.1, 0.15) is 36.1 Å². The zero-order valence-corrected chi connectivity index (χ0v) is 62.6. The number of hydrogen-bond donors (Lipinski definition) is 18. The van der Waals surface area contributed by atoms with Crippen LogP contribution in [0.15, 0.2) is 151 Å². The molecule has 0 aliphatic rings. The fourth-order valence-electron chi connectivity index (χ4n) is 10.1. The highest BCUT2D eigenvalue weighted by Crippen LogP contribution is 2.35. The standard InChI is InChI=1S/C63H70N18O24S6/c1-37(86)35-81(36-38(2)87)63-77-58(67-46-12-8-40(52(32-46)107-105-103-89)4-5-41-9-13-47(33-53(41)110(96,97)98)68-59-71-56(74-62(76-59)80(25-29-84)26-30-85)65-44-17-21-50(22-18-44)109(93,94)95)72-60(78-63)69-48-14-10-42(54(34-48)111(99,100)101)6-3-39-7-11-45(31-51(39)106-104-102-88)66-57-70-55(73-61(75-57)79(23-27-82)24-28-83)64-43-15-19-49(20-16-43)108(90,91)92/h3-22,31-34,37-38,82-89H,23-30,35-36H2,1-2H3,(H,90,91,92)(H,93,94,95)(H,96,97,98)(H,99,100,101)(H2,64,66,70,73,75)(H2,65,68,71,74,76)(H2,67,69,72,77,78)/b5-4+,6-3+. The van der Waals surface area contributed by atoms with Crippen molar-refractivity contribution >= 4 is 177 Å². The summed E-state index contributed by atoms with van der Waals surface area (Å²) in [6, 6.07) is 26.4. The third kappa shape index (κ3) is 24.9. The van der Waals surface area contributed by atoms with Crippen LogP contribution in [-0.2, 0) is 59.2 Å². The number of anilines is 15. The second-order valence-electron chi connectivity index (χ2n) is 23.1. The number of aliphatic hydroxyl groups excluding tert-OH is 6. The number of nitrogens with zero attached hydrogens (tertiary/aromatic N) is 12. The van der Waals surface area contributed by atoms with Crippen LogP contribution in [0.5, 0.6) is 0 Å². The molecule has 3 aromatic heterocycles. The third-order valence-electron chi connectivity index (χ3n) is 14.8. The normalized spacial score (nSPS) is 12.6. The summed E-state index contributed by atoms with van der Waals surface area (Å²) in [5.74, 6) is -1.24. The van der Waals surface area contributed by atoms with Gasteiger partial charge in [-0.05, 0) is 133 Å². The molecule has 3 heterocycles. The van der Waals surface area contributed by atoms with E-state index in [1.807, 2.05) is 0 Å². The van der Waals surface area contributed by atoms with Crippen LogP contribution >= 0.6 is 24.1 Å². The molecule has 111 heavy (non-hydrogen) atoms. The van der Waals surface area contributed by atoms with Gasteiger partial charge < -0.3 is 77.2 Å². The average molecular weight is 1660 g/mol. The molecule has 48 heteroatoms. The van der Waals surface area contributed by atoms with Crippen LogP contribution in [0, 0.1) is 0 Å². The lowest BCUT2D eigenvalue weighted by molar-refractivity contribution is -0.432. The van der Waals surface area contributed by atoms with E-state index in [1.165, 1.54) is 132 Å². The Morgan fingerprint density at radius 1 is 0.369 bits per heavy atom. The van der Waals surface area contributed by atoms with E-state index >= 15 is 0 Å². The molecule has 0 fully saturated rings. The Morgan fingerprint density at radius 2 is 0.631 bits per heavy atom. The molecule has 0 radical (unpaired) electrons.